The molecule has 0 saturated carbocycles. The molecule has 0 atom stereocenters. The Kier molecular flexibility index (Phi) is 6.15. The number of fused-ring (bicyclic) bond motifs is 1. The van der Waals surface area contributed by atoms with Crippen molar-refractivity contribution in [3.8, 4) is 5.75 Å². The molecule has 0 spiro atoms. The maximum atomic E-state index is 12.5. The summed E-state index contributed by atoms with van der Waals surface area (Å²) in [4.78, 5) is 20.4. The number of ether oxygens (including phenoxy) is 1. The fraction of sp³-hybridized carbons (Fsp3) is 0.375. The molecule has 1 amide bonds. The van der Waals surface area contributed by atoms with E-state index in [0.29, 0.717) is 13.0 Å². The maximum absolute atomic E-state index is 12.5. The minimum Gasteiger partial charge on any atom is -0.494 e. The second-order valence-electron chi connectivity index (χ2n) is 7.70. The Labute approximate surface area is 172 Å². The van der Waals surface area contributed by atoms with Gasteiger partial charge in [0.2, 0.25) is 5.91 Å². The summed E-state index contributed by atoms with van der Waals surface area (Å²) in [6.45, 7) is 7.11. The number of rotatable bonds is 7. The Morgan fingerprint density at radius 3 is 2.52 bits per heavy atom. The number of nitrogens with zero attached hydrogens (tertiary/aromatic N) is 2. The lowest BCUT2D eigenvalue weighted by Gasteiger charge is -2.35. The summed E-state index contributed by atoms with van der Waals surface area (Å²) in [5, 5.41) is 1.31. The van der Waals surface area contributed by atoms with Gasteiger partial charge >= 0.3 is 0 Å². The Hall–Kier alpha value is -2.79. The van der Waals surface area contributed by atoms with Crippen molar-refractivity contribution in [1.29, 1.82) is 0 Å². The van der Waals surface area contributed by atoms with Gasteiger partial charge in [0.25, 0.3) is 0 Å². The van der Waals surface area contributed by atoms with Gasteiger partial charge in [0, 0.05) is 55.7 Å². The summed E-state index contributed by atoms with van der Waals surface area (Å²) >= 11 is 0. The maximum Gasteiger partial charge on any atom is 0.222 e. The highest BCUT2D eigenvalue weighted by atomic mass is 16.5. The number of H-pyrrole nitrogens is 1. The molecule has 0 bridgehead atoms. The van der Waals surface area contributed by atoms with Crippen molar-refractivity contribution in [2.75, 3.05) is 32.8 Å². The van der Waals surface area contributed by atoms with Crippen molar-refractivity contribution in [3.63, 3.8) is 0 Å². The van der Waals surface area contributed by atoms with Crippen LogP contribution in [0, 0.1) is 6.92 Å². The largest absolute Gasteiger partial charge is 0.494 e. The van der Waals surface area contributed by atoms with Crippen LogP contribution in [-0.4, -0.2) is 53.5 Å². The highest BCUT2D eigenvalue weighted by Gasteiger charge is 2.22. The SMILES string of the molecule is Cc1[nH]c2ccccc2c1CN1CCN(C(=O)CCCOc2ccccc2)CC1. The van der Waals surface area contributed by atoms with Gasteiger partial charge in [-0.2, -0.15) is 0 Å². The van der Waals surface area contributed by atoms with E-state index in [2.05, 4.69) is 41.1 Å². The van der Waals surface area contributed by atoms with Gasteiger partial charge in [-0.15, -0.1) is 0 Å². The molecule has 1 N–H and O–H groups in total. The van der Waals surface area contributed by atoms with Gasteiger partial charge in [0.15, 0.2) is 0 Å². The summed E-state index contributed by atoms with van der Waals surface area (Å²) < 4.78 is 5.68. The molecule has 0 aliphatic carbocycles. The fourth-order valence-corrected chi connectivity index (χ4v) is 4.01. The number of nitrogens with one attached hydrogen (secondary N) is 1. The number of carbonyl (C=O) groups is 1. The smallest absolute Gasteiger partial charge is 0.222 e. The predicted octanol–water partition coefficient (Wildman–Crippen LogP) is 3.98. The summed E-state index contributed by atoms with van der Waals surface area (Å²) in [7, 11) is 0. The van der Waals surface area contributed by atoms with Crippen LogP contribution in [-0.2, 0) is 11.3 Å². The lowest BCUT2D eigenvalue weighted by Crippen LogP contribution is -2.48. The summed E-state index contributed by atoms with van der Waals surface area (Å²) in [6.07, 6.45) is 1.30. The number of amides is 1. The van der Waals surface area contributed by atoms with Gasteiger partial charge in [-0.3, -0.25) is 9.69 Å². The summed E-state index contributed by atoms with van der Waals surface area (Å²) in [5.41, 5.74) is 3.81. The van der Waals surface area contributed by atoms with Gasteiger partial charge in [-0.1, -0.05) is 36.4 Å². The number of hydrogen-bond donors (Lipinski definition) is 1. The monoisotopic (exact) mass is 391 g/mol. The minimum atomic E-state index is 0.240. The Balaban J connectivity index is 1.22. The molecule has 2 aromatic carbocycles. The van der Waals surface area contributed by atoms with E-state index < -0.39 is 0 Å². The van der Waals surface area contributed by atoms with Crippen molar-refractivity contribution in [3.05, 3.63) is 65.9 Å². The van der Waals surface area contributed by atoms with Crippen molar-refractivity contribution in [2.24, 2.45) is 0 Å². The molecule has 4 rings (SSSR count). The number of aromatic amines is 1. The molecule has 29 heavy (non-hydrogen) atoms. The van der Waals surface area contributed by atoms with Crippen molar-refractivity contribution in [2.45, 2.75) is 26.3 Å². The number of carbonyl (C=O) groups excluding carboxylic acids is 1. The number of para-hydroxylation sites is 2. The van der Waals surface area contributed by atoms with Crippen LogP contribution < -0.4 is 4.74 Å². The molecule has 1 aliphatic heterocycles. The fourth-order valence-electron chi connectivity index (χ4n) is 4.01. The third-order valence-electron chi connectivity index (χ3n) is 5.68. The predicted molar refractivity (Wildman–Crippen MR) is 116 cm³/mol. The average molecular weight is 392 g/mol. The van der Waals surface area contributed by atoms with Crippen LogP contribution in [0.25, 0.3) is 10.9 Å². The van der Waals surface area contributed by atoms with Gasteiger partial charge < -0.3 is 14.6 Å². The number of piperazine rings is 1. The van der Waals surface area contributed by atoms with E-state index in [-0.39, 0.29) is 5.91 Å². The number of aryl methyl sites for hydroxylation is 1. The summed E-state index contributed by atoms with van der Waals surface area (Å²) in [5.74, 6) is 1.10. The average Bonchev–Trinajstić information content (AvgIpc) is 3.07. The lowest BCUT2D eigenvalue weighted by atomic mass is 10.1. The number of hydrogen-bond acceptors (Lipinski definition) is 3. The molecule has 1 aliphatic rings. The van der Waals surface area contributed by atoms with Crippen molar-refractivity contribution >= 4 is 16.8 Å². The molecule has 0 radical (unpaired) electrons. The van der Waals surface area contributed by atoms with Crippen LogP contribution in [0.4, 0.5) is 0 Å². The second kappa shape index (κ2) is 9.14. The van der Waals surface area contributed by atoms with Crippen LogP contribution in [0.5, 0.6) is 5.75 Å². The van der Waals surface area contributed by atoms with Gasteiger partial charge in [-0.25, -0.2) is 0 Å². The van der Waals surface area contributed by atoms with E-state index in [9.17, 15) is 4.79 Å². The normalized spacial score (nSPS) is 15.0. The van der Waals surface area contributed by atoms with E-state index in [0.717, 1.165) is 44.9 Å². The zero-order valence-electron chi connectivity index (χ0n) is 17.1. The van der Waals surface area contributed by atoms with Crippen molar-refractivity contribution in [1.82, 2.24) is 14.8 Å². The van der Waals surface area contributed by atoms with Crippen LogP contribution in [0.2, 0.25) is 0 Å². The molecular weight excluding hydrogens is 362 g/mol. The van der Waals surface area contributed by atoms with Gasteiger partial charge in [0.1, 0.15) is 5.75 Å². The first-order valence-electron chi connectivity index (χ1n) is 10.4. The first kappa shape index (κ1) is 19.5. The van der Waals surface area contributed by atoms with E-state index in [1.807, 2.05) is 35.2 Å². The third-order valence-corrected chi connectivity index (χ3v) is 5.68. The van der Waals surface area contributed by atoms with Crippen molar-refractivity contribution < 1.29 is 9.53 Å². The van der Waals surface area contributed by atoms with E-state index in [4.69, 9.17) is 4.74 Å². The quantitative estimate of drug-likeness (QED) is 0.620. The Morgan fingerprint density at radius 2 is 1.72 bits per heavy atom. The van der Waals surface area contributed by atoms with Gasteiger partial charge in [-0.05, 0) is 37.1 Å². The van der Waals surface area contributed by atoms with Gasteiger partial charge in [0.05, 0.1) is 6.61 Å². The highest BCUT2D eigenvalue weighted by Crippen LogP contribution is 2.23. The second-order valence-corrected chi connectivity index (χ2v) is 7.70. The van der Waals surface area contributed by atoms with Crippen LogP contribution in [0.15, 0.2) is 54.6 Å². The van der Waals surface area contributed by atoms with E-state index >= 15 is 0 Å². The minimum absolute atomic E-state index is 0.240. The number of benzene rings is 2. The first-order chi connectivity index (χ1) is 14.2. The molecule has 152 valence electrons. The van der Waals surface area contributed by atoms with Crippen LogP contribution in [0.3, 0.4) is 0 Å². The molecule has 1 saturated heterocycles. The Bertz CT molecular complexity index is 943. The molecular formula is C24H29N3O2. The zero-order chi connectivity index (χ0) is 20.1. The molecule has 1 fully saturated rings. The third kappa shape index (κ3) is 4.80. The highest BCUT2D eigenvalue weighted by molar-refractivity contribution is 5.84. The molecule has 1 aromatic heterocycles. The molecule has 5 heteroatoms. The molecule has 0 unspecified atom stereocenters. The van der Waals surface area contributed by atoms with Crippen LogP contribution in [0.1, 0.15) is 24.1 Å². The zero-order valence-corrected chi connectivity index (χ0v) is 17.1. The van der Waals surface area contributed by atoms with E-state index in [1.54, 1.807) is 0 Å². The molecule has 3 aromatic rings. The Morgan fingerprint density at radius 1 is 1.00 bits per heavy atom. The summed E-state index contributed by atoms with van der Waals surface area (Å²) in [6, 6.07) is 18.2. The van der Waals surface area contributed by atoms with Crippen LogP contribution >= 0.6 is 0 Å². The lowest BCUT2D eigenvalue weighted by molar-refractivity contribution is -0.133. The molecule has 2 heterocycles. The topological polar surface area (TPSA) is 48.6 Å². The first-order valence-corrected chi connectivity index (χ1v) is 10.4. The van der Waals surface area contributed by atoms with E-state index in [1.165, 1.54) is 22.2 Å². The standard InChI is InChI=1S/C24H29N3O2/c1-19-22(21-10-5-6-11-23(21)25-19)18-26-13-15-27(16-14-26)24(28)12-7-17-29-20-8-3-2-4-9-20/h2-6,8-11,25H,7,12-18H2,1H3. The number of aromatic nitrogens is 1. The molecule has 5 nitrogen and oxygen atoms in total.